The number of benzene rings is 3. The number of esters is 1. The molecule has 0 radical (unpaired) electrons. The van der Waals surface area contributed by atoms with E-state index in [9.17, 15) is 4.79 Å². The van der Waals surface area contributed by atoms with Gasteiger partial charge in [0.2, 0.25) is 0 Å². The molecule has 0 unspecified atom stereocenters. The van der Waals surface area contributed by atoms with Gasteiger partial charge in [0.15, 0.2) is 0 Å². The summed E-state index contributed by atoms with van der Waals surface area (Å²) in [7, 11) is 0. The average molecular weight is 601 g/mol. The van der Waals surface area contributed by atoms with Gasteiger partial charge in [-0.15, -0.1) is 0 Å². The molecule has 3 aromatic carbocycles. The minimum Gasteiger partial charge on any atom is -0.494 e. The van der Waals surface area contributed by atoms with Crippen molar-refractivity contribution in [1.29, 1.82) is 0 Å². The van der Waals surface area contributed by atoms with Crippen molar-refractivity contribution >= 4 is 17.3 Å². The van der Waals surface area contributed by atoms with E-state index in [4.69, 9.17) is 14.2 Å². The molecule has 0 heterocycles. The molecule has 0 aliphatic carbocycles. The van der Waals surface area contributed by atoms with E-state index in [1.165, 1.54) is 70.6 Å². The summed E-state index contributed by atoms with van der Waals surface area (Å²) in [6.07, 6.45) is 16.9. The molecule has 0 fully saturated rings. The Morgan fingerprint density at radius 2 is 1.00 bits per heavy atom. The Morgan fingerprint density at radius 3 is 1.50 bits per heavy atom. The van der Waals surface area contributed by atoms with Gasteiger partial charge in [-0.3, -0.25) is 0 Å². The molecule has 238 valence electrons. The van der Waals surface area contributed by atoms with Crippen LogP contribution in [0.4, 0.5) is 11.4 Å². The summed E-state index contributed by atoms with van der Waals surface area (Å²) < 4.78 is 17.1. The third-order valence-corrected chi connectivity index (χ3v) is 7.49. The van der Waals surface area contributed by atoms with Crippen LogP contribution in [0.15, 0.2) is 83.0 Å². The molecule has 0 aromatic heterocycles. The second-order valence-corrected chi connectivity index (χ2v) is 11.9. The fraction of sp³-hybridized carbons (Fsp3) is 0.500. The van der Waals surface area contributed by atoms with Gasteiger partial charge in [-0.25, -0.2) is 4.79 Å². The Balaban J connectivity index is 1.29. The van der Waals surface area contributed by atoms with E-state index in [0.29, 0.717) is 36.1 Å². The summed E-state index contributed by atoms with van der Waals surface area (Å²) in [5.41, 5.74) is 1.87. The summed E-state index contributed by atoms with van der Waals surface area (Å²) in [5, 5.41) is 8.56. The van der Waals surface area contributed by atoms with Crippen molar-refractivity contribution in [2.75, 3.05) is 13.2 Å². The SMILES string of the molecule is CCCCCCCCCCCCCCOc1ccc(C(=O)Oc2ccc(N=Nc3ccc(OCCC(C)C)cc3)cc2)cc1. The number of carbonyl (C=O) groups is 1. The standard InChI is InChI=1S/C38H52N2O4/c1-4-5-6-7-8-9-10-11-12-13-14-15-29-42-35-22-16-32(17-23-35)38(41)44-37-26-20-34(21-27-37)40-39-33-18-24-36(25-19-33)43-30-28-31(2)3/h16-27,31H,4-15,28-30H2,1-3H3. The monoisotopic (exact) mass is 600 g/mol. The van der Waals surface area contributed by atoms with Gasteiger partial charge in [0, 0.05) is 0 Å². The number of carbonyl (C=O) groups excluding carboxylic acids is 1. The van der Waals surface area contributed by atoms with Gasteiger partial charge in [-0.2, -0.15) is 10.2 Å². The predicted octanol–water partition coefficient (Wildman–Crippen LogP) is 11.8. The van der Waals surface area contributed by atoms with Gasteiger partial charge >= 0.3 is 5.97 Å². The minimum atomic E-state index is -0.414. The smallest absolute Gasteiger partial charge is 0.343 e. The first-order valence-corrected chi connectivity index (χ1v) is 16.7. The number of hydrogen-bond donors (Lipinski definition) is 0. The minimum absolute atomic E-state index is 0.414. The second kappa shape index (κ2) is 21.1. The molecule has 6 heteroatoms. The second-order valence-electron chi connectivity index (χ2n) is 11.9. The van der Waals surface area contributed by atoms with Crippen molar-refractivity contribution in [2.24, 2.45) is 16.1 Å². The fourth-order valence-electron chi connectivity index (χ4n) is 4.70. The van der Waals surface area contributed by atoms with E-state index in [1.54, 1.807) is 36.4 Å². The van der Waals surface area contributed by atoms with Crippen LogP contribution in [0.5, 0.6) is 17.2 Å². The predicted molar refractivity (Wildman–Crippen MR) is 180 cm³/mol. The summed E-state index contributed by atoms with van der Waals surface area (Å²) in [6.45, 7) is 8.03. The van der Waals surface area contributed by atoms with Crippen molar-refractivity contribution < 1.29 is 19.0 Å². The van der Waals surface area contributed by atoms with Crippen LogP contribution in [-0.2, 0) is 0 Å². The fourth-order valence-corrected chi connectivity index (χ4v) is 4.70. The van der Waals surface area contributed by atoms with Gasteiger partial charge in [0.1, 0.15) is 17.2 Å². The lowest BCUT2D eigenvalue weighted by Gasteiger charge is -2.08. The number of hydrogen-bond acceptors (Lipinski definition) is 6. The lowest BCUT2D eigenvalue weighted by atomic mass is 10.1. The number of rotatable bonds is 22. The molecule has 44 heavy (non-hydrogen) atoms. The summed E-state index contributed by atoms with van der Waals surface area (Å²) >= 11 is 0. The maximum atomic E-state index is 12.6. The van der Waals surface area contributed by atoms with Crippen LogP contribution in [-0.4, -0.2) is 19.2 Å². The quantitative estimate of drug-likeness (QED) is 0.0498. The number of unbranched alkanes of at least 4 members (excludes halogenated alkanes) is 11. The summed E-state index contributed by atoms with van der Waals surface area (Å²) in [6, 6.07) is 21.6. The van der Waals surface area contributed by atoms with Gasteiger partial charge in [0.25, 0.3) is 0 Å². The van der Waals surface area contributed by atoms with Crippen molar-refractivity contribution in [2.45, 2.75) is 104 Å². The van der Waals surface area contributed by atoms with Crippen molar-refractivity contribution in [1.82, 2.24) is 0 Å². The van der Waals surface area contributed by atoms with E-state index in [-0.39, 0.29) is 0 Å². The molecule has 0 bridgehead atoms. The highest BCUT2D eigenvalue weighted by molar-refractivity contribution is 5.91. The molecule has 3 aromatic rings. The van der Waals surface area contributed by atoms with Gasteiger partial charge in [0.05, 0.1) is 30.2 Å². The molecule has 0 spiro atoms. The van der Waals surface area contributed by atoms with E-state index in [2.05, 4.69) is 31.0 Å². The van der Waals surface area contributed by atoms with E-state index >= 15 is 0 Å². The summed E-state index contributed by atoms with van der Waals surface area (Å²) in [5.74, 6) is 2.25. The molecule has 0 N–H and O–H groups in total. The van der Waals surface area contributed by atoms with E-state index in [0.717, 1.165) is 30.0 Å². The van der Waals surface area contributed by atoms with E-state index < -0.39 is 5.97 Å². The molecule has 0 aliphatic heterocycles. The van der Waals surface area contributed by atoms with Crippen molar-refractivity contribution in [3.8, 4) is 17.2 Å². The zero-order chi connectivity index (χ0) is 31.2. The first-order chi connectivity index (χ1) is 21.5. The Hall–Kier alpha value is -3.67. The van der Waals surface area contributed by atoms with Gasteiger partial charge in [-0.05, 0) is 91.6 Å². The number of azo groups is 1. The van der Waals surface area contributed by atoms with Crippen molar-refractivity contribution in [3.05, 3.63) is 78.4 Å². The highest BCUT2D eigenvalue weighted by Crippen LogP contribution is 2.24. The maximum Gasteiger partial charge on any atom is 0.343 e. The molecular formula is C38H52N2O4. The average Bonchev–Trinajstić information content (AvgIpc) is 3.03. The highest BCUT2D eigenvalue weighted by atomic mass is 16.5. The van der Waals surface area contributed by atoms with Crippen LogP contribution in [0, 0.1) is 5.92 Å². The van der Waals surface area contributed by atoms with Gasteiger partial charge < -0.3 is 14.2 Å². The van der Waals surface area contributed by atoms with E-state index in [1.807, 2.05) is 36.4 Å². The van der Waals surface area contributed by atoms with Crippen LogP contribution >= 0.6 is 0 Å². The van der Waals surface area contributed by atoms with Crippen LogP contribution in [0.25, 0.3) is 0 Å². The molecule has 0 amide bonds. The van der Waals surface area contributed by atoms with Gasteiger partial charge in [-0.1, -0.05) is 91.4 Å². The highest BCUT2D eigenvalue weighted by Gasteiger charge is 2.09. The summed E-state index contributed by atoms with van der Waals surface area (Å²) in [4.78, 5) is 12.6. The van der Waals surface area contributed by atoms with Crippen molar-refractivity contribution in [3.63, 3.8) is 0 Å². The molecule has 0 atom stereocenters. The lowest BCUT2D eigenvalue weighted by molar-refractivity contribution is 0.0734. The largest absolute Gasteiger partial charge is 0.494 e. The first-order valence-electron chi connectivity index (χ1n) is 16.7. The Bertz CT molecular complexity index is 1210. The number of ether oxygens (including phenoxy) is 3. The zero-order valence-corrected chi connectivity index (χ0v) is 27.1. The molecule has 6 nitrogen and oxygen atoms in total. The third kappa shape index (κ3) is 14.7. The zero-order valence-electron chi connectivity index (χ0n) is 27.1. The molecule has 0 saturated carbocycles. The van der Waals surface area contributed by atoms with Crippen LogP contribution in [0.1, 0.15) is 115 Å². The topological polar surface area (TPSA) is 69.5 Å². The molecular weight excluding hydrogens is 548 g/mol. The lowest BCUT2D eigenvalue weighted by Crippen LogP contribution is -2.08. The maximum absolute atomic E-state index is 12.6. The Morgan fingerprint density at radius 1 is 0.568 bits per heavy atom. The third-order valence-electron chi connectivity index (χ3n) is 7.49. The molecule has 0 saturated heterocycles. The Kier molecular flexibility index (Phi) is 16.7. The van der Waals surface area contributed by atoms with Crippen LogP contribution in [0.3, 0.4) is 0 Å². The first kappa shape index (κ1) is 34.8. The van der Waals surface area contributed by atoms with Crippen LogP contribution in [0.2, 0.25) is 0 Å². The molecule has 3 rings (SSSR count). The Labute approximate surface area is 265 Å². The normalized spacial score (nSPS) is 11.3. The molecule has 0 aliphatic rings. The number of nitrogens with zero attached hydrogens (tertiary/aromatic N) is 2. The van der Waals surface area contributed by atoms with Crippen LogP contribution < -0.4 is 14.2 Å².